The molecular weight excluding hydrogens is 362 g/mol. The SMILES string of the molecule is [2H]c1c([2H])c(CCCNC[C@H](O)c2c([2H])c([2H])c([2H])c(C)c2[2H])c([2H])c(-c2cccc(C(=O)O)c2)c1[2H]. The van der Waals surface area contributed by atoms with Crippen LogP contribution in [-0.2, 0) is 6.42 Å². The van der Waals surface area contributed by atoms with Gasteiger partial charge in [0.05, 0.1) is 22.6 Å². The molecule has 3 rings (SSSR count). The highest BCUT2D eigenvalue weighted by Crippen LogP contribution is 2.22. The summed E-state index contributed by atoms with van der Waals surface area (Å²) in [7, 11) is 0. The Morgan fingerprint density at radius 2 is 1.97 bits per heavy atom. The average Bonchev–Trinajstić information content (AvgIpc) is 2.87. The van der Waals surface area contributed by atoms with E-state index in [0.717, 1.165) is 0 Å². The van der Waals surface area contributed by atoms with Crippen molar-refractivity contribution in [1.82, 2.24) is 5.32 Å². The van der Waals surface area contributed by atoms with Gasteiger partial charge in [-0.15, -0.1) is 0 Å². The van der Waals surface area contributed by atoms with Crippen LogP contribution in [0.1, 0.15) is 50.5 Å². The van der Waals surface area contributed by atoms with Crippen molar-refractivity contribution in [3.63, 3.8) is 0 Å². The summed E-state index contributed by atoms with van der Waals surface area (Å²) < 4.78 is 65.1. The van der Waals surface area contributed by atoms with Crippen molar-refractivity contribution in [2.24, 2.45) is 0 Å². The van der Waals surface area contributed by atoms with Crippen molar-refractivity contribution in [2.45, 2.75) is 25.9 Å². The molecule has 150 valence electrons. The summed E-state index contributed by atoms with van der Waals surface area (Å²) in [5.74, 6) is -1.16. The molecule has 4 nitrogen and oxygen atoms in total. The third-order valence-electron chi connectivity index (χ3n) is 4.30. The van der Waals surface area contributed by atoms with E-state index in [1.54, 1.807) is 6.07 Å². The minimum atomic E-state index is -1.24. The molecule has 0 bridgehead atoms. The minimum absolute atomic E-state index is 0.0149. The first-order valence-corrected chi connectivity index (χ1v) is 9.26. The summed E-state index contributed by atoms with van der Waals surface area (Å²) >= 11 is 0. The van der Waals surface area contributed by atoms with E-state index in [1.165, 1.54) is 25.1 Å². The standard InChI is InChI=1S/C25H27NO3/c1-18-6-2-11-22(14-18)24(27)17-26-13-5-8-19-7-3-9-20(15-19)21-10-4-12-23(16-21)25(28)29/h2-4,6-7,9-12,14-16,24,26-27H,5,8,13,17H2,1H3,(H,28,29)/t24-/m0/s1/i2D,3D,6D,7D,9D,11D,14D,15D. The Balaban J connectivity index is 1.74. The number of rotatable bonds is 9. The van der Waals surface area contributed by atoms with Crippen LogP contribution in [0.4, 0.5) is 0 Å². The zero-order valence-electron chi connectivity index (χ0n) is 24.0. The number of hydrogen-bond acceptors (Lipinski definition) is 3. The maximum absolute atomic E-state index is 11.3. The van der Waals surface area contributed by atoms with Gasteiger partial charge in [-0.3, -0.25) is 0 Å². The highest BCUT2D eigenvalue weighted by atomic mass is 16.4. The summed E-state index contributed by atoms with van der Waals surface area (Å²) in [4.78, 5) is 11.3. The van der Waals surface area contributed by atoms with Crippen LogP contribution in [0.3, 0.4) is 0 Å². The summed E-state index contributed by atoms with van der Waals surface area (Å²) in [6.45, 7) is 1.81. The number of carboxylic acid groups (broad SMARTS) is 1. The third kappa shape index (κ3) is 6.01. The van der Waals surface area contributed by atoms with Crippen LogP contribution in [0.25, 0.3) is 11.1 Å². The molecule has 0 saturated carbocycles. The first-order valence-electron chi connectivity index (χ1n) is 13.3. The van der Waals surface area contributed by atoms with Crippen molar-refractivity contribution in [1.29, 1.82) is 0 Å². The summed E-state index contributed by atoms with van der Waals surface area (Å²) in [6, 6.07) is 3.72. The summed E-state index contributed by atoms with van der Waals surface area (Å²) in [6.07, 6.45) is -0.612. The third-order valence-corrected chi connectivity index (χ3v) is 4.30. The largest absolute Gasteiger partial charge is 0.478 e. The van der Waals surface area contributed by atoms with Crippen molar-refractivity contribution in [2.75, 3.05) is 13.1 Å². The molecule has 3 aromatic carbocycles. The lowest BCUT2D eigenvalue weighted by molar-refractivity contribution is 0.0697. The van der Waals surface area contributed by atoms with Gasteiger partial charge in [0.15, 0.2) is 0 Å². The minimum Gasteiger partial charge on any atom is -0.478 e. The van der Waals surface area contributed by atoms with Gasteiger partial charge in [-0.1, -0.05) is 66.0 Å². The van der Waals surface area contributed by atoms with E-state index in [0.29, 0.717) is 18.5 Å². The fourth-order valence-corrected chi connectivity index (χ4v) is 2.81. The van der Waals surface area contributed by atoms with Crippen LogP contribution in [-0.4, -0.2) is 29.3 Å². The van der Waals surface area contributed by atoms with Crippen molar-refractivity contribution >= 4 is 5.97 Å². The molecule has 1 atom stereocenters. The highest BCUT2D eigenvalue weighted by molar-refractivity contribution is 5.89. The smallest absolute Gasteiger partial charge is 0.335 e. The first kappa shape index (κ1) is 12.6. The van der Waals surface area contributed by atoms with Crippen LogP contribution in [0.5, 0.6) is 0 Å². The molecule has 0 saturated heterocycles. The van der Waals surface area contributed by atoms with Gasteiger partial charge in [0, 0.05) is 6.54 Å². The predicted octanol–water partition coefficient (Wildman–Crippen LogP) is 4.62. The van der Waals surface area contributed by atoms with Crippen molar-refractivity contribution < 1.29 is 26.0 Å². The van der Waals surface area contributed by atoms with Gasteiger partial charge in [-0.25, -0.2) is 4.79 Å². The number of benzene rings is 3. The number of nitrogens with one attached hydrogen (secondary N) is 1. The number of carbonyl (C=O) groups is 1. The monoisotopic (exact) mass is 397 g/mol. The van der Waals surface area contributed by atoms with Gasteiger partial charge >= 0.3 is 5.97 Å². The second kappa shape index (κ2) is 10.0. The Labute approximate surface area is 183 Å². The van der Waals surface area contributed by atoms with Crippen LogP contribution >= 0.6 is 0 Å². The molecule has 0 aliphatic rings. The maximum Gasteiger partial charge on any atom is 0.335 e. The molecule has 0 amide bonds. The average molecular weight is 398 g/mol. The Hall–Kier alpha value is -2.95. The molecule has 0 spiro atoms. The first-order chi connectivity index (χ1) is 17.4. The van der Waals surface area contributed by atoms with Gasteiger partial charge in [0.1, 0.15) is 0 Å². The van der Waals surface area contributed by atoms with E-state index < -0.39 is 12.1 Å². The highest BCUT2D eigenvalue weighted by Gasteiger charge is 2.07. The molecule has 0 heterocycles. The van der Waals surface area contributed by atoms with Crippen LogP contribution < -0.4 is 5.32 Å². The van der Waals surface area contributed by atoms with Gasteiger partial charge in [-0.2, -0.15) is 0 Å². The molecular formula is C25H27NO3. The molecule has 0 aliphatic carbocycles. The van der Waals surface area contributed by atoms with Crippen LogP contribution in [0.15, 0.2) is 72.6 Å². The molecule has 3 N–H and O–H groups in total. The number of aliphatic hydroxyl groups is 1. The van der Waals surface area contributed by atoms with Gasteiger partial charge in [0.2, 0.25) is 0 Å². The molecule has 29 heavy (non-hydrogen) atoms. The maximum atomic E-state index is 11.3. The Morgan fingerprint density at radius 3 is 2.79 bits per heavy atom. The topological polar surface area (TPSA) is 69.6 Å². The van der Waals surface area contributed by atoms with E-state index in [2.05, 4.69) is 5.32 Å². The number of aliphatic hydroxyl groups excluding tert-OH is 1. The van der Waals surface area contributed by atoms with E-state index >= 15 is 0 Å². The van der Waals surface area contributed by atoms with Crippen LogP contribution in [0, 0.1) is 6.92 Å². The van der Waals surface area contributed by atoms with Gasteiger partial charge in [-0.05, 0) is 60.7 Å². The zero-order valence-corrected chi connectivity index (χ0v) is 16.0. The Morgan fingerprint density at radius 1 is 1.14 bits per heavy atom. The van der Waals surface area contributed by atoms with Crippen molar-refractivity contribution in [3.8, 4) is 11.1 Å². The molecule has 0 aliphatic heterocycles. The van der Waals surface area contributed by atoms with E-state index in [-0.39, 0.29) is 89.1 Å². The fraction of sp³-hybridized carbons (Fsp3) is 0.240. The fourth-order valence-electron chi connectivity index (χ4n) is 2.81. The molecule has 0 fully saturated rings. The molecule has 0 unspecified atom stereocenters. The molecule has 4 heteroatoms. The molecule has 3 aromatic rings. The summed E-state index contributed by atoms with van der Waals surface area (Å²) in [5, 5.41) is 22.8. The van der Waals surface area contributed by atoms with E-state index in [9.17, 15) is 15.0 Å². The molecule has 0 aromatic heterocycles. The lowest BCUT2D eigenvalue weighted by Crippen LogP contribution is -2.22. The lowest BCUT2D eigenvalue weighted by Gasteiger charge is -2.13. The second-order valence-electron chi connectivity index (χ2n) is 6.60. The quantitative estimate of drug-likeness (QED) is 0.461. The van der Waals surface area contributed by atoms with E-state index in [1.807, 2.05) is 0 Å². The van der Waals surface area contributed by atoms with Crippen molar-refractivity contribution in [3.05, 3.63) is 94.9 Å². The van der Waals surface area contributed by atoms with Gasteiger partial charge in [0.25, 0.3) is 0 Å². The predicted molar refractivity (Wildman–Crippen MR) is 116 cm³/mol. The summed E-state index contributed by atoms with van der Waals surface area (Å²) in [5.41, 5.74) is 0.833. The van der Waals surface area contributed by atoms with Crippen LogP contribution in [0.2, 0.25) is 0 Å². The second-order valence-corrected chi connectivity index (χ2v) is 6.60. The van der Waals surface area contributed by atoms with E-state index in [4.69, 9.17) is 11.0 Å². The normalized spacial score (nSPS) is 15.8. The lowest BCUT2D eigenvalue weighted by atomic mass is 9.99. The number of carboxylic acids is 1. The van der Waals surface area contributed by atoms with Gasteiger partial charge < -0.3 is 15.5 Å². The Bertz CT molecular complexity index is 1330. The Kier molecular flexibility index (Phi) is 4.34. The molecule has 0 radical (unpaired) electrons. The number of hydrogen-bond donors (Lipinski definition) is 3. The zero-order chi connectivity index (χ0) is 27.6. The number of aromatic carboxylic acids is 1.